The first-order valence-corrected chi connectivity index (χ1v) is 7.55. The molecule has 0 fully saturated rings. The molecule has 1 heterocycles. The second-order valence-electron chi connectivity index (χ2n) is 5.11. The highest BCUT2D eigenvalue weighted by molar-refractivity contribution is 6.00. The fourth-order valence-corrected chi connectivity index (χ4v) is 2.44. The predicted octanol–water partition coefficient (Wildman–Crippen LogP) is 3.06. The molecule has 2 N–H and O–H groups in total. The summed E-state index contributed by atoms with van der Waals surface area (Å²) in [6.07, 6.45) is 0.768. The Hall–Kier alpha value is -2.99. The van der Waals surface area contributed by atoms with Gasteiger partial charge in [0.1, 0.15) is 17.7 Å². The van der Waals surface area contributed by atoms with Crippen molar-refractivity contribution >= 4 is 22.9 Å². The summed E-state index contributed by atoms with van der Waals surface area (Å²) in [6.45, 7) is 2.50. The van der Waals surface area contributed by atoms with Crippen LogP contribution in [0.25, 0.3) is 22.0 Å². The van der Waals surface area contributed by atoms with Gasteiger partial charge < -0.3 is 15.2 Å². The summed E-state index contributed by atoms with van der Waals surface area (Å²) in [5.41, 5.74) is 7.79. The van der Waals surface area contributed by atoms with E-state index in [0.29, 0.717) is 29.4 Å². The number of hydrogen-bond donors (Lipinski definition) is 1. The molecule has 6 nitrogen and oxygen atoms in total. The van der Waals surface area contributed by atoms with Crippen molar-refractivity contribution in [3.8, 4) is 17.0 Å². The second kappa shape index (κ2) is 7.06. The van der Waals surface area contributed by atoms with Gasteiger partial charge in [0.25, 0.3) is 0 Å². The van der Waals surface area contributed by atoms with Crippen LogP contribution in [-0.2, 0) is 4.74 Å². The van der Waals surface area contributed by atoms with Crippen LogP contribution < -0.4 is 10.5 Å². The van der Waals surface area contributed by atoms with E-state index < -0.39 is 0 Å². The predicted molar refractivity (Wildman–Crippen MR) is 91.9 cm³/mol. The minimum absolute atomic E-state index is 0.0894. The molecule has 6 heteroatoms. The number of nitrogens with zero attached hydrogens (tertiary/aromatic N) is 2. The van der Waals surface area contributed by atoms with Gasteiger partial charge in [-0.3, -0.25) is 4.79 Å². The molecule has 3 aromatic rings. The number of aldehydes is 1. The van der Waals surface area contributed by atoms with Crippen LogP contribution >= 0.6 is 0 Å². The number of benzene rings is 2. The van der Waals surface area contributed by atoms with Crippen molar-refractivity contribution < 1.29 is 14.3 Å². The van der Waals surface area contributed by atoms with E-state index in [0.717, 1.165) is 22.6 Å². The number of ether oxygens (including phenoxy) is 2. The number of nitrogens with two attached hydrogens (primary N) is 1. The average molecular weight is 323 g/mol. The van der Waals surface area contributed by atoms with Crippen LogP contribution in [-0.4, -0.2) is 29.9 Å². The lowest BCUT2D eigenvalue weighted by Gasteiger charge is -2.13. The molecule has 24 heavy (non-hydrogen) atoms. The van der Waals surface area contributed by atoms with Gasteiger partial charge in [0, 0.05) is 28.5 Å². The number of nitrogen functional groups attached to an aromatic ring is 1. The van der Waals surface area contributed by atoms with Crippen molar-refractivity contribution in [3.05, 3.63) is 48.0 Å². The van der Waals surface area contributed by atoms with Gasteiger partial charge in [0.15, 0.2) is 12.6 Å². The molecule has 0 aliphatic heterocycles. The van der Waals surface area contributed by atoms with E-state index in [1.807, 2.05) is 31.2 Å². The van der Waals surface area contributed by atoms with Crippen LogP contribution in [0.2, 0.25) is 0 Å². The maximum absolute atomic E-state index is 11.1. The molecule has 3 rings (SSSR count). The van der Waals surface area contributed by atoms with Gasteiger partial charge >= 0.3 is 0 Å². The quantitative estimate of drug-likeness (QED) is 0.426. The highest BCUT2D eigenvalue weighted by Gasteiger charge is 2.14. The first-order chi connectivity index (χ1) is 11.7. The van der Waals surface area contributed by atoms with E-state index in [-0.39, 0.29) is 6.79 Å². The molecule has 0 aliphatic rings. The third-order valence-corrected chi connectivity index (χ3v) is 3.61. The maximum Gasteiger partial charge on any atom is 0.189 e. The molecule has 2 aromatic carbocycles. The number of carbonyl (C=O) groups is 1. The number of rotatable bonds is 6. The molecule has 0 bridgehead atoms. The number of carbonyl (C=O) groups excluding carboxylic acids is 1. The molecular formula is C18H17N3O3. The zero-order valence-corrected chi connectivity index (χ0v) is 13.2. The number of anilines is 1. The summed E-state index contributed by atoms with van der Waals surface area (Å²) in [5, 5.41) is 9.96. The van der Waals surface area contributed by atoms with Gasteiger partial charge in [-0.2, -0.15) is 0 Å². The SMILES string of the molecule is CCOCOc1cc(C=O)ccc1-c1nnc(N)c2ccccc12. The van der Waals surface area contributed by atoms with Gasteiger partial charge in [-0.05, 0) is 19.1 Å². The van der Waals surface area contributed by atoms with E-state index in [4.69, 9.17) is 15.2 Å². The monoisotopic (exact) mass is 323 g/mol. The van der Waals surface area contributed by atoms with Crippen LogP contribution in [0.4, 0.5) is 5.82 Å². The maximum atomic E-state index is 11.1. The number of hydrogen-bond acceptors (Lipinski definition) is 6. The third-order valence-electron chi connectivity index (χ3n) is 3.61. The zero-order valence-electron chi connectivity index (χ0n) is 13.2. The van der Waals surface area contributed by atoms with Gasteiger partial charge in [-0.25, -0.2) is 0 Å². The molecule has 0 radical (unpaired) electrons. The molecule has 122 valence electrons. The van der Waals surface area contributed by atoms with Gasteiger partial charge in [0.05, 0.1) is 0 Å². The van der Waals surface area contributed by atoms with E-state index in [1.54, 1.807) is 18.2 Å². The first kappa shape index (κ1) is 15.9. The summed E-state index contributed by atoms with van der Waals surface area (Å²) >= 11 is 0. The second-order valence-corrected chi connectivity index (χ2v) is 5.11. The highest BCUT2D eigenvalue weighted by Crippen LogP contribution is 2.35. The van der Waals surface area contributed by atoms with Gasteiger partial charge in [-0.1, -0.05) is 30.3 Å². The Morgan fingerprint density at radius 3 is 2.67 bits per heavy atom. The Morgan fingerprint density at radius 2 is 1.92 bits per heavy atom. The molecule has 0 amide bonds. The zero-order chi connectivity index (χ0) is 16.9. The van der Waals surface area contributed by atoms with Gasteiger partial charge in [0.2, 0.25) is 0 Å². The first-order valence-electron chi connectivity index (χ1n) is 7.55. The fourth-order valence-electron chi connectivity index (χ4n) is 2.44. The number of aromatic nitrogens is 2. The van der Waals surface area contributed by atoms with E-state index in [1.165, 1.54) is 0 Å². The molecule has 0 spiro atoms. The Labute approximate surface area is 139 Å². The Balaban J connectivity index is 2.15. The third kappa shape index (κ3) is 3.04. The fraction of sp³-hybridized carbons (Fsp3) is 0.167. The average Bonchev–Trinajstić information content (AvgIpc) is 2.63. The van der Waals surface area contributed by atoms with Crippen LogP contribution in [0.5, 0.6) is 5.75 Å². The molecule has 0 unspecified atom stereocenters. The Bertz CT molecular complexity index is 881. The van der Waals surface area contributed by atoms with Crippen LogP contribution in [0, 0.1) is 0 Å². The summed E-state index contributed by atoms with van der Waals surface area (Å²) in [4.78, 5) is 11.1. The molecule has 0 saturated carbocycles. The van der Waals surface area contributed by atoms with E-state index in [9.17, 15) is 4.79 Å². The van der Waals surface area contributed by atoms with Crippen LogP contribution in [0.15, 0.2) is 42.5 Å². The molecule has 1 aromatic heterocycles. The van der Waals surface area contributed by atoms with E-state index in [2.05, 4.69) is 10.2 Å². The lowest BCUT2D eigenvalue weighted by molar-refractivity contribution is 0.0227. The lowest BCUT2D eigenvalue weighted by atomic mass is 10.0. The largest absolute Gasteiger partial charge is 0.467 e. The minimum atomic E-state index is 0.0894. The topological polar surface area (TPSA) is 87.3 Å². The molecular weight excluding hydrogens is 306 g/mol. The smallest absolute Gasteiger partial charge is 0.189 e. The van der Waals surface area contributed by atoms with Crippen LogP contribution in [0.1, 0.15) is 17.3 Å². The summed E-state index contributed by atoms with van der Waals surface area (Å²) < 4.78 is 10.9. The highest BCUT2D eigenvalue weighted by atomic mass is 16.7. The molecule has 0 saturated heterocycles. The summed E-state index contributed by atoms with van der Waals surface area (Å²) in [7, 11) is 0. The molecule has 0 aliphatic carbocycles. The van der Waals surface area contributed by atoms with E-state index >= 15 is 0 Å². The summed E-state index contributed by atoms with van der Waals surface area (Å²) in [5.74, 6) is 0.882. The Morgan fingerprint density at radius 1 is 1.12 bits per heavy atom. The summed E-state index contributed by atoms with van der Waals surface area (Å²) in [6, 6.07) is 12.8. The minimum Gasteiger partial charge on any atom is -0.467 e. The van der Waals surface area contributed by atoms with Gasteiger partial charge in [-0.15, -0.1) is 10.2 Å². The Kier molecular flexibility index (Phi) is 4.67. The normalized spacial score (nSPS) is 10.7. The van der Waals surface area contributed by atoms with Crippen molar-refractivity contribution in [2.45, 2.75) is 6.92 Å². The lowest BCUT2D eigenvalue weighted by Crippen LogP contribution is -2.05. The van der Waals surface area contributed by atoms with Crippen molar-refractivity contribution in [1.82, 2.24) is 10.2 Å². The molecule has 0 atom stereocenters. The van der Waals surface area contributed by atoms with Crippen molar-refractivity contribution in [1.29, 1.82) is 0 Å². The van der Waals surface area contributed by atoms with Crippen molar-refractivity contribution in [3.63, 3.8) is 0 Å². The standard InChI is InChI=1S/C18H17N3O3/c1-2-23-11-24-16-9-12(10-22)7-8-15(16)17-13-5-3-4-6-14(13)18(19)21-20-17/h3-10H,2,11H2,1H3,(H2,19,21). The van der Waals surface area contributed by atoms with Crippen molar-refractivity contribution in [2.75, 3.05) is 19.1 Å². The van der Waals surface area contributed by atoms with Crippen molar-refractivity contribution in [2.24, 2.45) is 0 Å². The van der Waals surface area contributed by atoms with Crippen LogP contribution in [0.3, 0.4) is 0 Å². The number of fused-ring (bicyclic) bond motifs is 1.